The highest BCUT2D eigenvalue weighted by atomic mass is 19.1. The van der Waals surface area contributed by atoms with E-state index in [1.165, 1.54) is 13.2 Å². The SMILES string of the molecule is COc1cc(/C=C(\C(=O)O)c2ccccc2)ccc1OCc1ccccc1F. The van der Waals surface area contributed by atoms with Crippen LogP contribution in [0.4, 0.5) is 4.39 Å². The van der Waals surface area contributed by atoms with E-state index < -0.39 is 5.97 Å². The summed E-state index contributed by atoms with van der Waals surface area (Å²) < 4.78 is 24.8. The highest BCUT2D eigenvalue weighted by molar-refractivity contribution is 6.20. The molecule has 0 atom stereocenters. The van der Waals surface area contributed by atoms with E-state index in [1.807, 2.05) is 6.07 Å². The maximum atomic E-state index is 13.7. The minimum atomic E-state index is -1.02. The van der Waals surface area contributed by atoms with E-state index >= 15 is 0 Å². The lowest BCUT2D eigenvalue weighted by molar-refractivity contribution is -0.130. The Morgan fingerprint density at radius 3 is 2.39 bits per heavy atom. The first-order valence-corrected chi connectivity index (χ1v) is 8.63. The average Bonchev–Trinajstić information content (AvgIpc) is 2.72. The molecule has 0 aliphatic carbocycles. The number of aliphatic carboxylic acids is 1. The highest BCUT2D eigenvalue weighted by Gasteiger charge is 2.12. The molecular formula is C23H19FO4. The zero-order valence-corrected chi connectivity index (χ0v) is 15.3. The van der Waals surface area contributed by atoms with Crippen LogP contribution in [0.25, 0.3) is 11.6 Å². The average molecular weight is 378 g/mol. The van der Waals surface area contributed by atoms with Gasteiger partial charge in [-0.25, -0.2) is 9.18 Å². The molecule has 0 radical (unpaired) electrons. The number of methoxy groups -OCH3 is 1. The Balaban J connectivity index is 1.86. The fraction of sp³-hybridized carbons (Fsp3) is 0.0870. The number of hydrogen-bond donors (Lipinski definition) is 1. The van der Waals surface area contributed by atoms with Gasteiger partial charge in [-0.1, -0.05) is 54.6 Å². The zero-order chi connectivity index (χ0) is 19.9. The van der Waals surface area contributed by atoms with Crippen molar-refractivity contribution in [2.24, 2.45) is 0 Å². The van der Waals surface area contributed by atoms with Crippen molar-refractivity contribution in [3.05, 3.63) is 95.3 Å². The summed E-state index contributed by atoms with van der Waals surface area (Å²) in [4.78, 5) is 11.7. The molecule has 0 heterocycles. The summed E-state index contributed by atoms with van der Waals surface area (Å²) in [6.07, 6.45) is 1.57. The van der Waals surface area contributed by atoms with E-state index in [9.17, 15) is 14.3 Å². The molecule has 3 aromatic rings. The van der Waals surface area contributed by atoms with Crippen LogP contribution in [0.1, 0.15) is 16.7 Å². The molecule has 0 aromatic heterocycles. The van der Waals surface area contributed by atoms with Gasteiger partial charge in [0, 0.05) is 5.56 Å². The molecule has 0 amide bonds. The van der Waals surface area contributed by atoms with E-state index in [-0.39, 0.29) is 18.0 Å². The summed E-state index contributed by atoms with van der Waals surface area (Å²) in [6.45, 7) is 0.0581. The van der Waals surface area contributed by atoms with Gasteiger partial charge in [-0.05, 0) is 35.4 Å². The first-order valence-electron chi connectivity index (χ1n) is 8.63. The molecule has 0 unspecified atom stereocenters. The Morgan fingerprint density at radius 2 is 1.71 bits per heavy atom. The summed E-state index contributed by atoms with van der Waals surface area (Å²) in [6, 6.07) is 20.3. The number of carbonyl (C=O) groups is 1. The van der Waals surface area contributed by atoms with E-state index in [1.54, 1.807) is 66.7 Å². The molecule has 28 heavy (non-hydrogen) atoms. The van der Waals surface area contributed by atoms with Crippen LogP contribution in [0.3, 0.4) is 0 Å². The van der Waals surface area contributed by atoms with Crippen molar-refractivity contribution in [3.63, 3.8) is 0 Å². The summed E-state index contributed by atoms with van der Waals surface area (Å²) in [7, 11) is 1.49. The molecular weight excluding hydrogens is 359 g/mol. The molecule has 5 heteroatoms. The van der Waals surface area contributed by atoms with Gasteiger partial charge in [0.05, 0.1) is 12.7 Å². The van der Waals surface area contributed by atoms with Crippen LogP contribution < -0.4 is 9.47 Å². The van der Waals surface area contributed by atoms with Crippen LogP contribution in [0, 0.1) is 5.82 Å². The Hall–Kier alpha value is -3.60. The van der Waals surface area contributed by atoms with Crippen molar-refractivity contribution in [1.82, 2.24) is 0 Å². The topological polar surface area (TPSA) is 55.8 Å². The fourth-order valence-electron chi connectivity index (χ4n) is 2.72. The van der Waals surface area contributed by atoms with E-state index in [4.69, 9.17) is 9.47 Å². The normalized spacial score (nSPS) is 11.1. The highest BCUT2D eigenvalue weighted by Crippen LogP contribution is 2.30. The third kappa shape index (κ3) is 4.57. The third-order valence-electron chi connectivity index (χ3n) is 4.15. The second kappa shape index (κ2) is 8.86. The van der Waals surface area contributed by atoms with Crippen molar-refractivity contribution < 1.29 is 23.8 Å². The summed E-state index contributed by atoms with van der Waals surface area (Å²) in [5, 5.41) is 9.55. The number of ether oxygens (including phenoxy) is 2. The quantitative estimate of drug-likeness (QED) is 0.462. The molecule has 1 N–H and O–H groups in total. The standard InChI is InChI=1S/C23H19FO4/c1-27-22-14-16(13-19(23(25)26)17-7-3-2-4-8-17)11-12-21(22)28-15-18-9-5-6-10-20(18)24/h2-14H,15H2,1H3,(H,25,26)/b19-13-. The minimum absolute atomic E-state index is 0.0581. The first-order chi connectivity index (χ1) is 13.6. The zero-order valence-electron chi connectivity index (χ0n) is 15.3. The molecule has 0 saturated carbocycles. The summed E-state index contributed by atoms with van der Waals surface area (Å²) in [5.74, 6) is -0.484. The van der Waals surface area contributed by atoms with Gasteiger partial charge in [0.15, 0.2) is 11.5 Å². The Labute approximate surface area is 162 Å². The molecule has 0 aliphatic heterocycles. The van der Waals surface area contributed by atoms with Crippen molar-refractivity contribution in [2.45, 2.75) is 6.61 Å². The molecule has 0 aliphatic rings. The van der Waals surface area contributed by atoms with Crippen molar-refractivity contribution >= 4 is 17.6 Å². The molecule has 3 aromatic carbocycles. The Kier molecular flexibility index (Phi) is 6.07. The number of carboxylic acids is 1. The number of hydrogen-bond acceptors (Lipinski definition) is 3. The third-order valence-corrected chi connectivity index (χ3v) is 4.15. The number of carboxylic acid groups (broad SMARTS) is 1. The molecule has 142 valence electrons. The number of halogens is 1. The molecule has 4 nitrogen and oxygen atoms in total. The van der Waals surface area contributed by atoms with Gasteiger partial charge in [0.1, 0.15) is 12.4 Å². The maximum Gasteiger partial charge on any atom is 0.336 e. The van der Waals surface area contributed by atoms with E-state index in [0.717, 1.165) is 0 Å². The van der Waals surface area contributed by atoms with E-state index in [2.05, 4.69) is 0 Å². The van der Waals surface area contributed by atoms with Crippen LogP contribution in [-0.4, -0.2) is 18.2 Å². The molecule has 0 fully saturated rings. The smallest absolute Gasteiger partial charge is 0.336 e. The largest absolute Gasteiger partial charge is 0.493 e. The van der Waals surface area contributed by atoms with Gasteiger partial charge < -0.3 is 14.6 Å². The van der Waals surface area contributed by atoms with E-state index in [0.29, 0.717) is 28.2 Å². The van der Waals surface area contributed by atoms with Crippen LogP contribution in [0.5, 0.6) is 11.5 Å². The van der Waals surface area contributed by atoms with Gasteiger partial charge in [-0.15, -0.1) is 0 Å². The number of rotatable bonds is 7. The van der Waals surface area contributed by atoms with Crippen molar-refractivity contribution in [2.75, 3.05) is 7.11 Å². The van der Waals surface area contributed by atoms with Gasteiger partial charge in [-0.3, -0.25) is 0 Å². The summed E-state index contributed by atoms with van der Waals surface area (Å²) in [5.41, 5.74) is 1.86. The minimum Gasteiger partial charge on any atom is -0.493 e. The lowest BCUT2D eigenvalue weighted by Crippen LogP contribution is -2.01. The predicted octanol–water partition coefficient (Wildman–Crippen LogP) is 5.04. The van der Waals surface area contributed by atoms with Gasteiger partial charge in [0.25, 0.3) is 0 Å². The van der Waals surface area contributed by atoms with Crippen LogP contribution in [0.2, 0.25) is 0 Å². The molecule has 0 saturated heterocycles. The Bertz CT molecular complexity index is 996. The number of benzene rings is 3. The summed E-state index contributed by atoms with van der Waals surface area (Å²) >= 11 is 0. The predicted molar refractivity (Wildman–Crippen MR) is 106 cm³/mol. The fourth-order valence-corrected chi connectivity index (χ4v) is 2.72. The second-order valence-corrected chi connectivity index (χ2v) is 6.02. The second-order valence-electron chi connectivity index (χ2n) is 6.02. The van der Waals surface area contributed by atoms with Crippen molar-refractivity contribution in [1.29, 1.82) is 0 Å². The molecule has 0 spiro atoms. The Morgan fingerprint density at radius 1 is 1.00 bits per heavy atom. The lowest BCUT2D eigenvalue weighted by atomic mass is 10.0. The maximum absolute atomic E-state index is 13.7. The van der Waals surface area contributed by atoms with Crippen LogP contribution in [0.15, 0.2) is 72.8 Å². The van der Waals surface area contributed by atoms with Crippen LogP contribution in [-0.2, 0) is 11.4 Å². The van der Waals surface area contributed by atoms with Gasteiger partial charge in [-0.2, -0.15) is 0 Å². The van der Waals surface area contributed by atoms with Gasteiger partial charge in [0.2, 0.25) is 0 Å². The van der Waals surface area contributed by atoms with Gasteiger partial charge >= 0.3 is 5.97 Å². The van der Waals surface area contributed by atoms with Crippen LogP contribution >= 0.6 is 0 Å². The molecule has 0 bridgehead atoms. The monoisotopic (exact) mass is 378 g/mol. The molecule has 3 rings (SSSR count). The first kappa shape index (κ1) is 19.2. The lowest BCUT2D eigenvalue weighted by Gasteiger charge is -2.12. The van der Waals surface area contributed by atoms with Crippen molar-refractivity contribution in [3.8, 4) is 11.5 Å².